The summed E-state index contributed by atoms with van der Waals surface area (Å²) in [5, 5.41) is 9.07. The second kappa shape index (κ2) is 7.87. The molecule has 1 fully saturated rings. The van der Waals surface area contributed by atoms with Gasteiger partial charge in [-0.25, -0.2) is 4.79 Å². The average Bonchev–Trinajstić information content (AvgIpc) is 2.97. The molecular weight excluding hydrogens is 370 g/mol. The summed E-state index contributed by atoms with van der Waals surface area (Å²) in [7, 11) is -1.14. The normalized spacial score (nSPS) is 19.1. The Hall–Kier alpha value is -1.21. The van der Waals surface area contributed by atoms with Gasteiger partial charge < -0.3 is 10.0 Å². The molecule has 7 heteroatoms. The van der Waals surface area contributed by atoms with E-state index in [1.165, 1.54) is 4.90 Å². The zero-order valence-corrected chi connectivity index (χ0v) is 14.4. The molecule has 5 nitrogen and oxygen atoms in total. The van der Waals surface area contributed by atoms with Gasteiger partial charge in [0.1, 0.15) is 6.04 Å². The van der Waals surface area contributed by atoms with Crippen LogP contribution in [0, 0.1) is 0 Å². The second-order valence-electron chi connectivity index (χ2n) is 5.19. The van der Waals surface area contributed by atoms with Gasteiger partial charge >= 0.3 is 5.97 Å². The third kappa shape index (κ3) is 4.39. The van der Waals surface area contributed by atoms with E-state index >= 15 is 0 Å². The lowest BCUT2D eigenvalue weighted by molar-refractivity contribution is -0.148. The first-order valence-corrected chi connectivity index (χ1v) is 9.26. The molecule has 1 aliphatic rings. The number of carbonyl (C=O) groups excluding carboxylic acids is 1. The van der Waals surface area contributed by atoms with Crippen molar-refractivity contribution in [2.75, 3.05) is 12.3 Å². The van der Waals surface area contributed by atoms with Gasteiger partial charge in [-0.2, -0.15) is 0 Å². The van der Waals surface area contributed by atoms with Crippen molar-refractivity contribution in [3.05, 3.63) is 28.7 Å². The summed E-state index contributed by atoms with van der Waals surface area (Å²) in [4.78, 5) is 25.3. The fraction of sp³-hybridized carbons (Fsp3) is 0.467. The SMILES string of the molecule is O=C(O)[C@@H]1CCCN1C(=O)CCC[S@@](=O)c1ccc(Br)cc1. The van der Waals surface area contributed by atoms with E-state index in [4.69, 9.17) is 5.11 Å². The van der Waals surface area contributed by atoms with E-state index in [1.807, 2.05) is 12.1 Å². The van der Waals surface area contributed by atoms with Crippen LogP contribution in [0.25, 0.3) is 0 Å². The second-order valence-corrected chi connectivity index (χ2v) is 7.68. The first kappa shape index (κ1) is 17.1. The Morgan fingerprint density at radius 3 is 2.64 bits per heavy atom. The maximum absolute atomic E-state index is 12.1. The smallest absolute Gasteiger partial charge is 0.326 e. The number of hydrogen-bond donors (Lipinski definition) is 1. The Bertz CT molecular complexity index is 575. The minimum Gasteiger partial charge on any atom is -0.480 e. The molecule has 0 aromatic heterocycles. The van der Waals surface area contributed by atoms with Crippen molar-refractivity contribution >= 4 is 38.6 Å². The summed E-state index contributed by atoms with van der Waals surface area (Å²) in [6, 6.07) is 6.57. The molecule has 0 aliphatic carbocycles. The Morgan fingerprint density at radius 1 is 1.32 bits per heavy atom. The van der Waals surface area contributed by atoms with Crippen LogP contribution in [0.2, 0.25) is 0 Å². The van der Waals surface area contributed by atoms with Gasteiger partial charge in [0.2, 0.25) is 5.91 Å². The third-order valence-electron chi connectivity index (χ3n) is 3.66. The van der Waals surface area contributed by atoms with Crippen LogP contribution >= 0.6 is 15.9 Å². The number of carbonyl (C=O) groups is 2. The first-order valence-electron chi connectivity index (χ1n) is 7.15. The molecule has 0 saturated carbocycles. The van der Waals surface area contributed by atoms with E-state index in [-0.39, 0.29) is 12.3 Å². The first-order chi connectivity index (χ1) is 10.5. The summed E-state index contributed by atoms with van der Waals surface area (Å²) in [6.07, 6.45) is 1.98. The van der Waals surface area contributed by atoms with E-state index in [0.29, 0.717) is 25.1 Å². The van der Waals surface area contributed by atoms with Crippen molar-refractivity contribution in [3.8, 4) is 0 Å². The van der Waals surface area contributed by atoms with Gasteiger partial charge in [-0.3, -0.25) is 9.00 Å². The van der Waals surface area contributed by atoms with Crippen LogP contribution in [0.1, 0.15) is 25.7 Å². The van der Waals surface area contributed by atoms with Gasteiger partial charge in [0, 0.05) is 28.1 Å². The number of carboxylic acid groups (broad SMARTS) is 1. The predicted octanol–water partition coefficient (Wildman–Crippen LogP) is 2.41. The molecule has 22 heavy (non-hydrogen) atoms. The Kier molecular flexibility index (Phi) is 6.14. The van der Waals surface area contributed by atoms with Crippen molar-refractivity contribution in [2.45, 2.75) is 36.6 Å². The summed E-state index contributed by atoms with van der Waals surface area (Å²) in [5.74, 6) is -0.694. The van der Waals surface area contributed by atoms with Gasteiger partial charge in [-0.1, -0.05) is 15.9 Å². The third-order valence-corrected chi connectivity index (χ3v) is 5.64. The summed E-state index contributed by atoms with van der Waals surface area (Å²) in [6.45, 7) is 0.506. The summed E-state index contributed by atoms with van der Waals surface area (Å²) < 4.78 is 13.0. The monoisotopic (exact) mass is 387 g/mol. The largest absolute Gasteiger partial charge is 0.480 e. The molecule has 2 atom stereocenters. The fourth-order valence-electron chi connectivity index (χ4n) is 2.52. The van der Waals surface area contributed by atoms with Gasteiger partial charge in [0.25, 0.3) is 0 Å². The predicted molar refractivity (Wildman–Crippen MR) is 87.0 cm³/mol. The lowest BCUT2D eigenvalue weighted by Crippen LogP contribution is -2.40. The molecule has 0 bridgehead atoms. The molecule has 0 unspecified atom stereocenters. The fourth-order valence-corrected chi connectivity index (χ4v) is 3.87. The maximum atomic E-state index is 12.1. The molecule has 1 N–H and O–H groups in total. The molecular formula is C15H18BrNO4S. The Balaban J connectivity index is 1.80. The number of likely N-dealkylation sites (tertiary alicyclic amines) is 1. The molecule has 2 rings (SSSR count). The highest BCUT2D eigenvalue weighted by Gasteiger charge is 2.33. The minimum atomic E-state index is -1.14. The van der Waals surface area contributed by atoms with Crippen molar-refractivity contribution in [2.24, 2.45) is 0 Å². The molecule has 0 spiro atoms. The standard InChI is InChI=1S/C15H18BrNO4S/c16-11-5-7-12(8-6-11)22(21)10-2-4-14(18)17-9-1-3-13(17)15(19)20/h5-8,13H,1-4,9-10H2,(H,19,20)/t13-,22+/m0/s1. The zero-order chi connectivity index (χ0) is 16.1. The molecule has 1 saturated heterocycles. The lowest BCUT2D eigenvalue weighted by atomic mass is 10.2. The molecule has 1 amide bonds. The average molecular weight is 388 g/mol. The van der Waals surface area contributed by atoms with E-state index in [9.17, 15) is 13.8 Å². The van der Waals surface area contributed by atoms with Crippen LogP contribution in [0.15, 0.2) is 33.6 Å². The van der Waals surface area contributed by atoms with Gasteiger partial charge in [-0.05, 0) is 43.5 Å². The number of halogens is 1. The van der Waals surface area contributed by atoms with Crippen LogP contribution in [0.4, 0.5) is 0 Å². The maximum Gasteiger partial charge on any atom is 0.326 e. The van der Waals surface area contributed by atoms with Crippen molar-refractivity contribution in [3.63, 3.8) is 0 Å². The Morgan fingerprint density at radius 2 is 2.00 bits per heavy atom. The summed E-state index contributed by atoms with van der Waals surface area (Å²) in [5.41, 5.74) is 0. The molecule has 1 aromatic rings. The summed E-state index contributed by atoms with van der Waals surface area (Å²) >= 11 is 3.32. The number of carboxylic acids is 1. The van der Waals surface area contributed by atoms with Crippen LogP contribution in [-0.4, -0.2) is 44.4 Å². The minimum absolute atomic E-state index is 0.155. The quantitative estimate of drug-likeness (QED) is 0.812. The van der Waals surface area contributed by atoms with Crippen molar-refractivity contribution in [1.82, 2.24) is 4.90 Å². The molecule has 1 aliphatic heterocycles. The number of benzene rings is 1. The van der Waals surface area contributed by atoms with Gasteiger partial charge in [0.05, 0.1) is 10.8 Å². The van der Waals surface area contributed by atoms with E-state index in [0.717, 1.165) is 15.8 Å². The van der Waals surface area contributed by atoms with E-state index in [1.54, 1.807) is 12.1 Å². The van der Waals surface area contributed by atoms with Crippen LogP contribution < -0.4 is 0 Å². The highest BCUT2D eigenvalue weighted by molar-refractivity contribution is 9.10. The number of aliphatic carboxylic acids is 1. The van der Waals surface area contributed by atoms with Gasteiger partial charge in [-0.15, -0.1) is 0 Å². The highest BCUT2D eigenvalue weighted by Crippen LogP contribution is 2.19. The molecule has 1 heterocycles. The van der Waals surface area contributed by atoms with Crippen molar-refractivity contribution < 1.29 is 18.9 Å². The van der Waals surface area contributed by atoms with Crippen LogP contribution in [0.3, 0.4) is 0 Å². The molecule has 120 valence electrons. The number of rotatable bonds is 6. The van der Waals surface area contributed by atoms with Crippen LogP contribution in [0.5, 0.6) is 0 Å². The van der Waals surface area contributed by atoms with Crippen molar-refractivity contribution in [1.29, 1.82) is 0 Å². The number of nitrogens with zero attached hydrogens (tertiary/aromatic N) is 1. The molecule has 1 aromatic carbocycles. The Labute approximate surface area is 140 Å². The zero-order valence-electron chi connectivity index (χ0n) is 12.0. The van der Waals surface area contributed by atoms with Crippen LogP contribution in [-0.2, 0) is 20.4 Å². The van der Waals surface area contributed by atoms with E-state index < -0.39 is 22.8 Å². The van der Waals surface area contributed by atoms with Gasteiger partial charge in [0.15, 0.2) is 0 Å². The number of hydrogen-bond acceptors (Lipinski definition) is 3. The number of amides is 1. The highest BCUT2D eigenvalue weighted by atomic mass is 79.9. The molecule has 0 radical (unpaired) electrons. The topological polar surface area (TPSA) is 74.7 Å². The van der Waals surface area contributed by atoms with E-state index in [2.05, 4.69) is 15.9 Å². The lowest BCUT2D eigenvalue weighted by Gasteiger charge is -2.21.